The van der Waals surface area contributed by atoms with E-state index in [9.17, 15) is 14.4 Å². The van der Waals surface area contributed by atoms with E-state index in [1.807, 2.05) is 20.8 Å². The molecule has 0 heterocycles. The lowest BCUT2D eigenvalue weighted by Gasteiger charge is -2.11. The Morgan fingerprint density at radius 2 is 1.28 bits per heavy atom. The van der Waals surface area contributed by atoms with Crippen LogP contribution in [-0.2, 0) is 0 Å². The lowest BCUT2D eigenvalue weighted by molar-refractivity contribution is 0.0981. The highest BCUT2D eigenvalue weighted by molar-refractivity contribution is 6.07. The zero-order chi connectivity index (χ0) is 18.8. The van der Waals surface area contributed by atoms with Crippen LogP contribution in [0, 0.1) is 0 Å². The number of ketones is 2. The van der Waals surface area contributed by atoms with Gasteiger partial charge in [0, 0.05) is 24.0 Å². The van der Waals surface area contributed by atoms with E-state index in [0.29, 0.717) is 41.7 Å². The predicted octanol–water partition coefficient (Wildman–Crippen LogP) is 3.82. The summed E-state index contributed by atoms with van der Waals surface area (Å²) in [5.41, 5.74) is 9.58. The van der Waals surface area contributed by atoms with Crippen molar-refractivity contribution in [2.24, 2.45) is 10.8 Å². The number of hydrogen-bond donors (Lipinski definition) is 2. The maximum absolute atomic E-state index is 12.3. The predicted molar refractivity (Wildman–Crippen MR) is 99.1 cm³/mol. The van der Waals surface area contributed by atoms with E-state index in [-0.39, 0.29) is 11.6 Å². The third kappa shape index (κ3) is 6.49. The van der Waals surface area contributed by atoms with Gasteiger partial charge in [-0.25, -0.2) is 10.2 Å². The van der Waals surface area contributed by atoms with Gasteiger partial charge in [0.2, 0.25) is 0 Å². The molecule has 0 radical (unpaired) electrons. The van der Waals surface area contributed by atoms with Crippen LogP contribution in [0.3, 0.4) is 0 Å². The summed E-state index contributed by atoms with van der Waals surface area (Å²) in [6, 6.07) is 4.37. The molecule has 1 aromatic rings. The van der Waals surface area contributed by atoms with Crippen LogP contribution in [0.5, 0.6) is 0 Å². The molecule has 0 spiro atoms. The number of rotatable bonds is 10. The van der Waals surface area contributed by atoms with Crippen molar-refractivity contribution in [1.82, 2.24) is 5.43 Å². The fraction of sp³-hybridized carbons (Fsp3) is 0.474. The molecule has 0 atom stereocenters. The summed E-state index contributed by atoms with van der Waals surface area (Å²) in [6.45, 7) is 5.85. The van der Waals surface area contributed by atoms with Crippen LogP contribution in [0.15, 0.2) is 23.3 Å². The average Bonchev–Trinajstić information content (AvgIpc) is 2.58. The Morgan fingerprint density at radius 1 is 0.840 bits per heavy atom. The summed E-state index contributed by atoms with van der Waals surface area (Å²) in [7, 11) is 0. The van der Waals surface area contributed by atoms with Crippen LogP contribution < -0.4 is 11.2 Å². The number of hydrazone groups is 1. The van der Waals surface area contributed by atoms with Crippen LogP contribution >= 0.6 is 0 Å². The summed E-state index contributed by atoms with van der Waals surface area (Å²) in [4.78, 5) is 35.6. The number of primary amides is 1. The van der Waals surface area contributed by atoms with Gasteiger partial charge in [0.1, 0.15) is 0 Å². The number of benzene rings is 1. The van der Waals surface area contributed by atoms with Crippen LogP contribution in [-0.4, -0.2) is 23.3 Å². The van der Waals surface area contributed by atoms with E-state index < -0.39 is 6.03 Å². The maximum atomic E-state index is 12.3. The van der Waals surface area contributed by atoms with Crippen LogP contribution in [0.25, 0.3) is 0 Å². The molecule has 0 aliphatic carbocycles. The Kier molecular flexibility index (Phi) is 8.53. The van der Waals surface area contributed by atoms with Crippen molar-refractivity contribution in [1.29, 1.82) is 0 Å². The van der Waals surface area contributed by atoms with Gasteiger partial charge in [-0.3, -0.25) is 9.59 Å². The molecule has 1 rings (SSSR count). The molecule has 0 aliphatic rings. The fourth-order valence-electron chi connectivity index (χ4n) is 2.48. The topological polar surface area (TPSA) is 102 Å². The first-order chi connectivity index (χ1) is 11.9. The highest BCUT2D eigenvalue weighted by Gasteiger charge is 2.15. The molecule has 25 heavy (non-hydrogen) atoms. The number of urea groups is 1. The van der Waals surface area contributed by atoms with Crippen molar-refractivity contribution < 1.29 is 14.4 Å². The quantitative estimate of drug-likeness (QED) is 0.383. The van der Waals surface area contributed by atoms with E-state index in [1.165, 1.54) is 0 Å². The molecule has 0 unspecified atom stereocenters. The Bertz CT molecular complexity index is 630. The standard InChI is InChI=1S/C19H27N3O3/c1-4-7-16(21-22-19(20)25)13-10-14(17(23)8-5-2)12-15(11-13)18(24)9-6-3/h10-12H,4-9H2,1-3H3,(H3,20,22,25). The second kappa shape index (κ2) is 10.4. The van der Waals surface area contributed by atoms with Crippen molar-refractivity contribution in [2.75, 3.05) is 0 Å². The highest BCUT2D eigenvalue weighted by atomic mass is 16.2. The minimum Gasteiger partial charge on any atom is -0.350 e. The molecule has 6 nitrogen and oxygen atoms in total. The first-order valence-corrected chi connectivity index (χ1v) is 8.76. The van der Waals surface area contributed by atoms with E-state index >= 15 is 0 Å². The number of hydrogen-bond acceptors (Lipinski definition) is 4. The number of carbonyl (C=O) groups excluding carboxylic acids is 3. The lowest BCUT2D eigenvalue weighted by Crippen LogP contribution is -2.26. The van der Waals surface area contributed by atoms with E-state index in [2.05, 4.69) is 10.5 Å². The fourth-order valence-corrected chi connectivity index (χ4v) is 2.48. The van der Waals surface area contributed by atoms with Crippen molar-refractivity contribution in [3.63, 3.8) is 0 Å². The summed E-state index contributed by atoms with van der Waals surface area (Å²) in [5.74, 6) is -0.0118. The molecule has 136 valence electrons. The molecule has 6 heteroatoms. The van der Waals surface area contributed by atoms with Gasteiger partial charge in [-0.05, 0) is 43.0 Å². The second-order valence-electron chi connectivity index (χ2n) is 5.93. The number of nitrogens with two attached hydrogens (primary N) is 1. The molecular formula is C19H27N3O3. The molecule has 0 fully saturated rings. The number of Topliss-reactive ketones (excluding diaryl/α,β-unsaturated/α-hetero) is 2. The molecule has 0 bridgehead atoms. The molecule has 0 aliphatic heterocycles. The van der Waals surface area contributed by atoms with E-state index in [1.54, 1.807) is 18.2 Å². The van der Waals surface area contributed by atoms with Crippen LogP contribution in [0.4, 0.5) is 4.79 Å². The van der Waals surface area contributed by atoms with Crippen LogP contribution in [0.2, 0.25) is 0 Å². The molecule has 0 saturated heterocycles. The summed E-state index contributed by atoms with van der Waals surface area (Å²) in [5, 5.41) is 4.05. The van der Waals surface area contributed by atoms with Gasteiger partial charge in [-0.2, -0.15) is 5.10 Å². The number of nitrogens with one attached hydrogen (secondary N) is 1. The Morgan fingerprint density at radius 3 is 1.68 bits per heavy atom. The summed E-state index contributed by atoms with van der Waals surface area (Å²) >= 11 is 0. The van der Waals surface area contributed by atoms with Crippen LogP contribution in [0.1, 0.15) is 85.6 Å². The highest BCUT2D eigenvalue weighted by Crippen LogP contribution is 2.18. The zero-order valence-corrected chi connectivity index (χ0v) is 15.2. The van der Waals surface area contributed by atoms with Gasteiger partial charge in [0.25, 0.3) is 0 Å². The smallest absolute Gasteiger partial charge is 0.332 e. The maximum Gasteiger partial charge on any atom is 0.332 e. The Balaban J connectivity index is 3.39. The molecule has 1 aromatic carbocycles. The largest absolute Gasteiger partial charge is 0.350 e. The van der Waals surface area contributed by atoms with E-state index in [0.717, 1.165) is 19.3 Å². The van der Waals surface area contributed by atoms with Gasteiger partial charge in [-0.1, -0.05) is 27.2 Å². The van der Waals surface area contributed by atoms with Crippen molar-refractivity contribution in [3.05, 3.63) is 34.9 Å². The lowest BCUT2D eigenvalue weighted by atomic mass is 9.94. The van der Waals surface area contributed by atoms with Gasteiger partial charge in [-0.15, -0.1) is 0 Å². The third-order valence-electron chi connectivity index (χ3n) is 3.65. The van der Waals surface area contributed by atoms with Gasteiger partial charge in [0.15, 0.2) is 11.6 Å². The normalized spacial score (nSPS) is 11.2. The Hall–Kier alpha value is -2.50. The second-order valence-corrected chi connectivity index (χ2v) is 5.93. The molecule has 0 saturated carbocycles. The number of nitrogens with zero attached hydrogens (tertiary/aromatic N) is 1. The van der Waals surface area contributed by atoms with Crippen molar-refractivity contribution >= 4 is 23.3 Å². The van der Waals surface area contributed by atoms with Crippen molar-refractivity contribution in [3.8, 4) is 0 Å². The minimum absolute atomic E-state index is 0.00592. The summed E-state index contributed by atoms with van der Waals surface area (Å²) in [6.07, 6.45) is 3.70. The zero-order valence-electron chi connectivity index (χ0n) is 15.2. The monoisotopic (exact) mass is 345 g/mol. The van der Waals surface area contributed by atoms with Gasteiger partial charge < -0.3 is 5.73 Å². The summed E-state index contributed by atoms with van der Waals surface area (Å²) < 4.78 is 0. The Labute approximate surface area is 148 Å². The number of carbonyl (C=O) groups is 3. The van der Waals surface area contributed by atoms with Gasteiger partial charge in [0.05, 0.1) is 5.71 Å². The SMILES string of the molecule is CCCC(=O)c1cc(C(=O)CCC)cc(C(CCC)=NNC(N)=O)c1. The molecular weight excluding hydrogens is 318 g/mol. The van der Waals surface area contributed by atoms with Crippen molar-refractivity contribution in [2.45, 2.75) is 59.3 Å². The minimum atomic E-state index is -0.755. The third-order valence-corrected chi connectivity index (χ3v) is 3.65. The molecule has 0 aromatic heterocycles. The van der Waals surface area contributed by atoms with E-state index in [4.69, 9.17) is 5.73 Å². The first kappa shape index (κ1) is 20.5. The first-order valence-electron chi connectivity index (χ1n) is 8.76. The number of amides is 2. The van der Waals surface area contributed by atoms with Gasteiger partial charge >= 0.3 is 6.03 Å². The molecule has 3 N–H and O–H groups in total. The molecule has 2 amide bonds. The average molecular weight is 345 g/mol.